The van der Waals surface area contributed by atoms with Crippen LogP contribution in [0.4, 0.5) is 5.69 Å². The lowest BCUT2D eigenvalue weighted by Crippen LogP contribution is -2.52. The van der Waals surface area contributed by atoms with Gasteiger partial charge >= 0.3 is 0 Å². The molecule has 2 amide bonds. The molecule has 6 nitrogen and oxygen atoms in total. The van der Waals surface area contributed by atoms with E-state index >= 15 is 0 Å². The summed E-state index contributed by atoms with van der Waals surface area (Å²) < 4.78 is 0. The number of benzene rings is 1. The maximum Gasteiger partial charge on any atom is 0.241 e. The standard InChI is InChI=1S/C19H30N4O2/c1-3-10-20-18(24)15-21-11-13-22(14-12-21)16-19(25)23(4-2)17-8-6-5-7-9-17/h5-9H,3-4,10-16H2,1-2H3,(H,20,24). The van der Waals surface area contributed by atoms with Crippen molar-refractivity contribution >= 4 is 17.5 Å². The molecule has 1 aromatic carbocycles. The minimum atomic E-state index is 0.0904. The number of likely N-dealkylation sites (N-methyl/N-ethyl adjacent to an activating group) is 1. The van der Waals surface area contributed by atoms with Crippen molar-refractivity contribution in [2.24, 2.45) is 0 Å². The summed E-state index contributed by atoms with van der Waals surface area (Å²) >= 11 is 0. The predicted molar refractivity (Wildman–Crippen MR) is 101 cm³/mol. The third-order valence-corrected chi connectivity index (χ3v) is 4.45. The molecule has 1 heterocycles. The maximum atomic E-state index is 12.6. The zero-order valence-corrected chi connectivity index (χ0v) is 15.4. The first kappa shape index (κ1) is 19.4. The molecular weight excluding hydrogens is 316 g/mol. The summed E-state index contributed by atoms with van der Waals surface area (Å²) in [6, 6.07) is 9.79. The van der Waals surface area contributed by atoms with E-state index in [1.807, 2.05) is 49.1 Å². The summed E-state index contributed by atoms with van der Waals surface area (Å²) in [6.07, 6.45) is 0.955. The number of nitrogens with one attached hydrogen (secondary N) is 1. The molecule has 0 unspecified atom stereocenters. The van der Waals surface area contributed by atoms with Crippen LogP contribution in [0, 0.1) is 0 Å². The number of anilines is 1. The average Bonchev–Trinajstić information content (AvgIpc) is 2.63. The number of rotatable bonds is 8. The molecule has 1 saturated heterocycles. The molecule has 0 aliphatic carbocycles. The van der Waals surface area contributed by atoms with E-state index < -0.39 is 0 Å². The van der Waals surface area contributed by atoms with Crippen LogP contribution in [-0.2, 0) is 9.59 Å². The third kappa shape index (κ3) is 6.14. The molecule has 0 spiro atoms. The number of hydrogen-bond acceptors (Lipinski definition) is 4. The van der Waals surface area contributed by atoms with Crippen molar-refractivity contribution in [2.75, 3.05) is 57.3 Å². The van der Waals surface area contributed by atoms with Crippen LogP contribution in [0.25, 0.3) is 0 Å². The van der Waals surface area contributed by atoms with Gasteiger partial charge in [-0.1, -0.05) is 25.1 Å². The second-order valence-electron chi connectivity index (χ2n) is 6.38. The number of nitrogens with zero attached hydrogens (tertiary/aromatic N) is 3. The van der Waals surface area contributed by atoms with E-state index in [1.54, 1.807) is 0 Å². The van der Waals surface area contributed by atoms with Crippen LogP contribution in [0.3, 0.4) is 0 Å². The Morgan fingerprint density at radius 1 is 1.00 bits per heavy atom. The smallest absolute Gasteiger partial charge is 0.241 e. The first-order valence-corrected chi connectivity index (χ1v) is 9.20. The van der Waals surface area contributed by atoms with Gasteiger partial charge in [0.2, 0.25) is 11.8 Å². The Hall–Kier alpha value is -1.92. The fourth-order valence-corrected chi connectivity index (χ4v) is 3.02. The van der Waals surface area contributed by atoms with E-state index in [9.17, 15) is 9.59 Å². The zero-order valence-electron chi connectivity index (χ0n) is 15.4. The molecule has 1 aromatic rings. The lowest BCUT2D eigenvalue weighted by atomic mass is 10.2. The molecule has 1 aliphatic rings. The van der Waals surface area contributed by atoms with Crippen LogP contribution in [0.1, 0.15) is 20.3 Å². The molecule has 0 aromatic heterocycles. The number of hydrogen-bond donors (Lipinski definition) is 1. The van der Waals surface area contributed by atoms with Gasteiger partial charge in [0.15, 0.2) is 0 Å². The molecular formula is C19H30N4O2. The largest absolute Gasteiger partial charge is 0.355 e. The molecule has 0 saturated carbocycles. The molecule has 1 N–H and O–H groups in total. The van der Waals surface area contributed by atoms with Crippen molar-refractivity contribution in [1.29, 1.82) is 0 Å². The van der Waals surface area contributed by atoms with Crippen LogP contribution < -0.4 is 10.2 Å². The van der Waals surface area contributed by atoms with Crippen molar-refractivity contribution in [3.8, 4) is 0 Å². The fraction of sp³-hybridized carbons (Fsp3) is 0.579. The Kier molecular flexibility index (Phi) is 7.88. The van der Waals surface area contributed by atoms with E-state index in [2.05, 4.69) is 15.1 Å². The van der Waals surface area contributed by atoms with Gasteiger partial charge in [-0.3, -0.25) is 19.4 Å². The van der Waals surface area contributed by atoms with Gasteiger partial charge in [0.1, 0.15) is 0 Å². The van der Waals surface area contributed by atoms with Gasteiger partial charge in [0.25, 0.3) is 0 Å². The van der Waals surface area contributed by atoms with Crippen molar-refractivity contribution in [1.82, 2.24) is 15.1 Å². The highest BCUT2D eigenvalue weighted by Gasteiger charge is 2.22. The van der Waals surface area contributed by atoms with Gasteiger partial charge in [-0.2, -0.15) is 0 Å². The number of piperazine rings is 1. The molecule has 25 heavy (non-hydrogen) atoms. The quantitative estimate of drug-likeness (QED) is 0.768. The van der Waals surface area contributed by atoms with E-state index in [4.69, 9.17) is 0 Å². The number of para-hydroxylation sites is 1. The van der Waals surface area contributed by atoms with Gasteiger partial charge in [-0.05, 0) is 25.5 Å². The normalized spacial score (nSPS) is 15.8. The number of amides is 2. The van der Waals surface area contributed by atoms with Gasteiger partial charge in [-0.15, -0.1) is 0 Å². The Bertz CT molecular complexity index is 542. The van der Waals surface area contributed by atoms with Crippen molar-refractivity contribution < 1.29 is 9.59 Å². The number of carbonyl (C=O) groups is 2. The van der Waals surface area contributed by atoms with Gasteiger partial charge in [0.05, 0.1) is 13.1 Å². The van der Waals surface area contributed by atoms with Crippen LogP contribution >= 0.6 is 0 Å². The van der Waals surface area contributed by atoms with Crippen LogP contribution in [0.5, 0.6) is 0 Å². The lowest BCUT2D eigenvalue weighted by Gasteiger charge is -2.35. The summed E-state index contributed by atoms with van der Waals surface area (Å²) in [5.74, 6) is 0.218. The van der Waals surface area contributed by atoms with Crippen LogP contribution in [-0.4, -0.2) is 74.0 Å². The third-order valence-electron chi connectivity index (χ3n) is 4.45. The average molecular weight is 346 g/mol. The van der Waals surface area contributed by atoms with E-state index in [0.29, 0.717) is 19.6 Å². The second kappa shape index (κ2) is 10.2. The zero-order chi connectivity index (χ0) is 18.1. The fourth-order valence-electron chi connectivity index (χ4n) is 3.02. The second-order valence-corrected chi connectivity index (χ2v) is 6.38. The Morgan fingerprint density at radius 3 is 2.16 bits per heavy atom. The monoisotopic (exact) mass is 346 g/mol. The van der Waals surface area contributed by atoms with Gasteiger partial charge in [0, 0.05) is 45.0 Å². The van der Waals surface area contributed by atoms with Crippen molar-refractivity contribution in [3.05, 3.63) is 30.3 Å². The van der Waals surface area contributed by atoms with E-state index in [1.165, 1.54) is 0 Å². The van der Waals surface area contributed by atoms with Gasteiger partial charge < -0.3 is 10.2 Å². The molecule has 0 bridgehead atoms. The maximum absolute atomic E-state index is 12.6. The van der Waals surface area contributed by atoms with Crippen LogP contribution in [0.2, 0.25) is 0 Å². The molecule has 0 atom stereocenters. The highest BCUT2D eigenvalue weighted by molar-refractivity contribution is 5.94. The van der Waals surface area contributed by atoms with E-state index in [-0.39, 0.29) is 11.8 Å². The Balaban J connectivity index is 1.77. The number of carbonyl (C=O) groups excluding carboxylic acids is 2. The van der Waals surface area contributed by atoms with Crippen molar-refractivity contribution in [3.63, 3.8) is 0 Å². The molecule has 2 rings (SSSR count). The summed E-state index contributed by atoms with van der Waals surface area (Å²) in [4.78, 5) is 30.6. The predicted octanol–water partition coefficient (Wildman–Crippen LogP) is 1.18. The molecule has 0 radical (unpaired) electrons. The molecule has 1 fully saturated rings. The van der Waals surface area contributed by atoms with Crippen LogP contribution in [0.15, 0.2) is 30.3 Å². The first-order valence-electron chi connectivity index (χ1n) is 9.20. The van der Waals surface area contributed by atoms with Gasteiger partial charge in [-0.25, -0.2) is 0 Å². The van der Waals surface area contributed by atoms with E-state index in [0.717, 1.165) is 44.8 Å². The highest BCUT2D eigenvalue weighted by atomic mass is 16.2. The Morgan fingerprint density at radius 2 is 1.60 bits per heavy atom. The molecule has 1 aliphatic heterocycles. The Labute approximate surface area is 150 Å². The summed E-state index contributed by atoms with van der Waals surface area (Å²) in [5.41, 5.74) is 0.946. The summed E-state index contributed by atoms with van der Waals surface area (Å²) in [5, 5.41) is 2.91. The SMILES string of the molecule is CCCNC(=O)CN1CCN(CC(=O)N(CC)c2ccccc2)CC1. The molecule has 138 valence electrons. The topological polar surface area (TPSA) is 55.9 Å². The minimum absolute atomic E-state index is 0.0904. The minimum Gasteiger partial charge on any atom is -0.355 e. The van der Waals surface area contributed by atoms with Crippen molar-refractivity contribution in [2.45, 2.75) is 20.3 Å². The first-order chi connectivity index (χ1) is 12.1. The highest BCUT2D eigenvalue weighted by Crippen LogP contribution is 2.13. The molecule has 6 heteroatoms. The summed E-state index contributed by atoms with van der Waals surface area (Å²) in [6.45, 7) is 9.61. The lowest BCUT2D eigenvalue weighted by molar-refractivity contribution is -0.124. The summed E-state index contributed by atoms with van der Waals surface area (Å²) in [7, 11) is 0.